The van der Waals surface area contributed by atoms with Crippen molar-refractivity contribution in [3.05, 3.63) is 51.4 Å². The molecule has 2 heterocycles. The molecule has 2 aromatic rings. The summed E-state index contributed by atoms with van der Waals surface area (Å²) in [7, 11) is 1.68. The predicted molar refractivity (Wildman–Crippen MR) is 102 cm³/mol. The van der Waals surface area contributed by atoms with Crippen molar-refractivity contribution in [3.63, 3.8) is 0 Å². The van der Waals surface area contributed by atoms with Gasteiger partial charge in [-0.15, -0.1) is 0 Å². The van der Waals surface area contributed by atoms with E-state index in [1.54, 1.807) is 7.11 Å². The molecule has 1 aromatic carbocycles. The average molecular weight is 351 g/mol. The number of aryl methyl sites for hydroxylation is 1. The lowest BCUT2D eigenvalue weighted by molar-refractivity contribution is 0.183. The van der Waals surface area contributed by atoms with Gasteiger partial charge in [0.2, 0.25) is 0 Å². The van der Waals surface area contributed by atoms with E-state index in [4.69, 9.17) is 4.74 Å². The Labute approximate surface area is 154 Å². The van der Waals surface area contributed by atoms with Crippen LogP contribution in [0, 0.1) is 24.2 Å². The molecule has 0 saturated carbocycles. The highest BCUT2D eigenvalue weighted by molar-refractivity contribution is 5.71. The molecule has 0 spiro atoms. The van der Waals surface area contributed by atoms with Crippen molar-refractivity contribution in [1.82, 2.24) is 9.88 Å². The van der Waals surface area contributed by atoms with Crippen LogP contribution in [-0.2, 0) is 6.54 Å². The van der Waals surface area contributed by atoms with E-state index in [0.29, 0.717) is 5.56 Å². The molecule has 0 atom stereocenters. The zero-order chi connectivity index (χ0) is 18.7. The van der Waals surface area contributed by atoms with Gasteiger partial charge < -0.3 is 9.72 Å². The number of hydrogen-bond donors (Lipinski definition) is 1. The Balaban J connectivity index is 1.98. The molecule has 0 bridgehead atoms. The van der Waals surface area contributed by atoms with Crippen molar-refractivity contribution in [2.24, 2.45) is 5.92 Å². The van der Waals surface area contributed by atoms with Gasteiger partial charge in [-0.3, -0.25) is 9.69 Å². The van der Waals surface area contributed by atoms with Crippen LogP contribution in [0.3, 0.4) is 0 Å². The van der Waals surface area contributed by atoms with Crippen molar-refractivity contribution in [3.8, 4) is 22.9 Å². The van der Waals surface area contributed by atoms with Crippen LogP contribution in [0.25, 0.3) is 11.1 Å². The summed E-state index contributed by atoms with van der Waals surface area (Å²) >= 11 is 0. The SMILES string of the molecule is COc1ccc(-c2cc(C)[nH]c(=O)c2C#N)cc1CN1CCC(C)CC1. The molecule has 5 nitrogen and oxygen atoms in total. The molecule has 0 amide bonds. The molecular formula is C21H25N3O2. The van der Waals surface area contributed by atoms with Crippen LogP contribution < -0.4 is 10.3 Å². The highest BCUT2D eigenvalue weighted by atomic mass is 16.5. The normalized spacial score (nSPS) is 15.6. The van der Waals surface area contributed by atoms with E-state index in [1.165, 1.54) is 12.8 Å². The van der Waals surface area contributed by atoms with Crippen LogP contribution in [0.4, 0.5) is 0 Å². The second-order valence-corrected chi connectivity index (χ2v) is 7.17. The van der Waals surface area contributed by atoms with Crippen molar-refractivity contribution < 1.29 is 4.74 Å². The fourth-order valence-corrected chi connectivity index (χ4v) is 3.56. The van der Waals surface area contributed by atoms with E-state index in [9.17, 15) is 10.1 Å². The Morgan fingerprint density at radius 3 is 2.69 bits per heavy atom. The smallest absolute Gasteiger partial charge is 0.266 e. The zero-order valence-corrected chi connectivity index (χ0v) is 15.6. The van der Waals surface area contributed by atoms with E-state index in [2.05, 4.69) is 16.8 Å². The van der Waals surface area contributed by atoms with Crippen molar-refractivity contribution in [2.45, 2.75) is 33.2 Å². The highest BCUT2D eigenvalue weighted by Gasteiger charge is 2.18. The molecular weight excluding hydrogens is 326 g/mol. The van der Waals surface area contributed by atoms with Gasteiger partial charge in [0.15, 0.2) is 0 Å². The maximum absolute atomic E-state index is 12.1. The first kappa shape index (κ1) is 18.2. The monoisotopic (exact) mass is 351 g/mol. The predicted octanol–water partition coefficient (Wildman–Crippen LogP) is 3.46. The Morgan fingerprint density at radius 1 is 1.31 bits per heavy atom. The molecule has 5 heteroatoms. The Morgan fingerprint density at radius 2 is 2.04 bits per heavy atom. The van der Waals surface area contributed by atoms with Crippen LogP contribution in [0.1, 0.15) is 36.6 Å². The standard InChI is InChI=1S/C21H25N3O2/c1-14-6-8-24(9-7-14)13-17-11-16(4-5-20(17)26-3)18-10-15(2)23-21(25)19(18)12-22/h4-5,10-11,14H,6-9,13H2,1-3H3,(H,23,25). The third-order valence-corrected chi connectivity index (χ3v) is 5.14. The fraction of sp³-hybridized carbons (Fsp3) is 0.429. The summed E-state index contributed by atoms with van der Waals surface area (Å²) in [6.07, 6.45) is 2.43. The third kappa shape index (κ3) is 3.81. The topological polar surface area (TPSA) is 69.1 Å². The van der Waals surface area contributed by atoms with Crippen molar-refractivity contribution in [1.29, 1.82) is 5.26 Å². The van der Waals surface area contributed by atoms with Crippen LogP contribution in [-0.4, -0.2) is 30.1 Å². The molecule has 1 N–H and O–H groups in total. The van der Waals surface area contributed by atoms with Gasteiger partial charge in [0.25, 0.3) is 5.56 Å². The number of likely N-dealkylation sites (tertiary alicyclic amines) is 1. The molecule has 1 aliphatic heterocycles. The van der Waals surface area contributed by atoms with E-state index in [0.717, 1.165) is 48.1 Å². The van der Waals surface area contributed by atoms with Gasteiger partial charge in [-0.05, 0) is 62.5 Å². The summed E-state index contributed by atoms with van der Waals surface area (Å²) in [6.45, 7) is 7.11. The maximum Gasteiger partial charge on any atom is 0.266 e. The molecule has 1 saturated heterocycles. The summed E-state index contributed by atoms with van der Waals surface area (Å²) in [6, 6.07) is 9.78. The quantitative estimate of drug-likeness (QED) is 0.916. The van der Waals surface area contributed by atoms with E-state index >= 15 is 0 Å². The minimum atomic E-state index is -0.343. The lowest BCUT2D eigenvalue weighted by atomic mass is 9.96. The number of pyridine rings is 1. The zero-order valence-electron chi connectivity index (χ0n) is 15.6. The van der Waals surface area contributed by atoms with E-state index in [1.807, 2.05) is 37.3 Å². The third-order valence-electron chi connectivity index (χ3n) is 5.14. The largest absolute Gasteiger partial charge is 0.496 e. The Hall–Kier alpha value is -2.58. The van der Waals surface area contributed by atoms with Gasteiger partial charge >= 0.3 is 0 Å². The fourth-order valence-electron chi connectivity index (χ4n) is 3.56. The maximum atomic E-state index is 12.1. The van der Waals surface area contributed by atoms with Gasteiger partial charge in [-0.25, -0.2) is 0 Å². The number of ether oxygens (including phenoxy) is 1. The summed E-state index contributed by atoms with van der Waals surface area (Å²) in [5, 5.41) is 9.40. The minimum absolute atomic E-state index is 0.151. The van der Waals surface area contributed by atoms with Gasteiger partial charge in [0.05, 0.1) is 7.11 Å². The molecule has 136 valence electrons. The van der Waals surface area contributed by atoms with Gasteiger partial charge in [-0.2, -0.15) is 5.26 Å². The molecule has 1 aromatic heterocycles. The first-order chi connectivity index (χ1) is 12.5. The van der Waals surface area contributed by atoms with Gasteiger partial charge in [0, 0.05) is 23.4 Å². The number of piperidine rings is 1. The minimum Gasteiger partial charge on any atom is -0.496 e. The molecule has 0 unspecified atom stereocenters. The average Bonchev–Trinajstić information content (AvgIpc) is 2.63. The Kier molecular flexibility index (Phi) is 5.43. The molecule has 0 radical (unpaired) electrons. The van der Waals surface area contributed by atoms with E-state index in [-0.39, 0.29) is 11.1 Å². The molecule has 3 rings (SSSR count). The van der Waals surface area contributed by atoms with Gasteiger partial charge in [0.1, 0.15) is 17.4 Å². The van der Waals surface area contributed by atoms with Crippen LogP contribution in [0.5, 0.6) is 5.75 Å². The number of nitriles is 1. The summed E-state index contributed by atoms with van der Waals surface area (Å²) < 4.78 is 5.54. The van der Waals surface area contributed by atoms with Crippen molar-refractivity contribution >= 4 is 0 Å². The molecule has 26 heavy (non-hydrogen) atoms. The number of benzene rings is 1. The van der Waals surface area contributed by atoms with Crippen LogP contribution in [0.2, 0.25) is 0 Å². The van der Waals surface area contributed by atoms with Gasteiger partial charge in [-0.1, -0.05) is 13.0 Å². The number of aromatic amines is 1. The number of methoxy groups -OCH3 is 1. The number of rotatable bonds is 4. The molecule has 0 aliphatic carbocycles. The second-order valence-electron chi connectivity index (χ2n) is 7.17. The number of nitrogens with one attached hydrogen (secondary N) is 1. The molecule has 1 aliphatic rings. The Bertz CT molecular complexity index is 887. The summed E-state index contributed by atoms with van der Waals surface area (Å²) in [4.78, 5) is 17.2. The van der Waals surface area contributed by atoms with Crippen LogP contribution >= 0.6 is 0 Å². The second kappa shape index (κ2) is 7.76. The lowest BCUT2D eigenvalue weighted by Crippen LogP contribution is -2.32. The number of nitrogens with zero attached hydrogens (tertiary/aromatic N) is 2. The van der Waals surface area contributed by atoms with Crippen molar-refractivity contribution in [2.75, 3.05) is 20.2 Å². The first-order valence-electron chi connectivity index (χ1n) is 9.05. The molecule has 1 fully saturated rings. The first-order valence-corrected chi connectivity index (χ1v) is 9.05. The highest BCUT2D eigenvalue weighted by Crippen LogP contribution is 2.30. The number of hydrogen-bond acceptors (Lipinski definition) is 4. The summed E-state index contributed by atoms with van der Waals surface area (Å²) in [5.74, 6) is 1.63. The van der Waals surface area contributed by atoms with Crippen LogP contribution in [0.15, 0.2) is 29.1 Å². The summed E-state index contributed by atoms with van der Waals surface area (Å²) in [5.41, 5.74) is 3.18. The van der Waals surface area contributed by atoms with E-state index < -0.39 is 0 Å². The number of H-pyrrole nitrogens is 1. The number of aromatic nitrogens is 1. The lowest BCUT2D eigenvalue weighted by Gasteiger charge is -2.30.